The van der Waals surface area contributed by atoms with E-state index in [2.05, 4.69) is 5.32 Å². The molecule has 0 amide bonds. The van der Waals surface area contributed by atoms with E-state index < -0.39 is 11.6 Å². The van der Waals surface area contributed by atoms with Crippen molar-refractivity contribution in [3.05, 3.63) is 29.3 Å². The molecule has 0 unspecified atom stereocenters. The highest BCUT2D eigenvalue weighted by atomic mass is 35.5. The van der Waals surface area contributed by atoms with Crippen LogP contribution in [-0.4, -0.2) is 47.6 Å². The highest BCUT2D eigenvalue weighted by Crippen LogP contribution is 2.20. The first-order valence-corrected chi connectivity index (χ1v) is 6.88. The number of ether oxygens (including phenoxy) is 1. The zero-order chi connectivity index (χ0) is 18.2. The van der Waals surface area contributed by atoms with E-state index in [1.54, 1.807) is 38.4 Å². The Kier molecular flexibility index (Phi) is 7.89. The van der Waals surface area contributed by atoms with Gasteiger partial charge in [-0.2, -0.15) is 0 Å². The van der Waals surface area contributed by atoms with Gasteiger partial charge in [0.05, 0.1) is 0 Å². The van der Waals surface area contributed by atoms with Crippen LogP contribution in [0.25, 0.3) is 0 Å². The summed E-state index contributed by atoms with van der Waals surface area (Å²) in [6.45, 7) is 2.98. The molecule has 6 N–H and O–H groups in total. The Hall–Kier alpha value is -2.48. The summed E-state index contributed by atoms with van der Waals surface area (Å²) < 4.78 is 5.26. The average Bonchev–Trinajstić information content (AvgIpc) is 2.41. The second-order valence-electron chi connectivity index (χ2n) is 5.15. The third-order valence-corrected chi connectivity index (χ3v) is 2.65. The lowest BCUT2D eigenvalue weighted by molar-refractivity contribution is -0.152. The topological polar surface area (TPSA) is 136 Å². The predicted octanol–water partition coefficient (Wildman–Crippen LogP) is 1.55. The lowest BCUT2D eigenvalue weighted by atomic mass is 10.1. The molecule has 0 aliphatic rings. The second-order valence-corrected chi connectivity index (χ2v) is 5.59. The number of aliphatic carboxylic acids is 1. The van der Waals surface area contributed by atoms with Crippen molar-refractivity contribution >= 4 is 29.5 Å². The number of carboxylic acids is 1. The van der Waals surface area contributed by atoms with Crippen molar-refractivity contribution in [3.63, 3.8) is 0 Å². The van der Waals surface area contributed by atoms with E-state index in [1.165, 1.54) is 18.7 Å². The van der Waals surface area contributed by atoms with Crippen molar-refractivity contribution in [1.82, 2.24) is 10.2 Å². The minimum absolute atomic E-state index is 0.113. The maximum atomic E-state index is 10.7. The van der Waals surface area contributed by atoms with Gasteiger partial charge in [-0.05, 0) is 38.1 Å². The quantitative estimate of drug-likeness (QED) is 0.417. The Balaban J connectivity index is 0.000000468. The molecule has 0 saturated heterocycles. The van der Waals surface area contributed by atoms with Gasteiger partial charge in [-0.25, -0.2) is 4.79 Å². The van der Waals surface area contributed by atoms with Crippen molar-refractivity contribution in [1.29, 1.82) is 10.8 Å². The van der Waals surface area contributed by atoms with Crippen molar-refractivity contribution < 1.29 is 14.6 Å². The number of nitrogens with two attached hydrogens (primary N) is 1. The number of nitrogens with one attached hydrogen (secondary N) is 3. The number of hydrogen-bond acceptors (Lipinski definition) is 4. The molecule has 9 heteroatoms. The largest absolute Gasteiger partial charge is 0.478 e. The van der Waals surface area contributed by atoms with Crippen LogP contribution in [0.4, 0.5) is 0 Å². The van der Waals surface area contributed by atoms with Crippen LogP contribution in [0.3, 0.4) is 0 Å². The maximum absolute atomic E-state index is 10.7. The van der Waals surface area contributed by atoms with Crippen LogP contribution in [0.5, 0.6) is 5.75 Å². The van der Waals surface area contributed by atoms with Gasteiger partial charge in [0.15, 0.2) is 17.5 Å². The number of nitrogens with zero attached hydrogens (tertiary/aromatic N) is 1. The van der Waals surface area contributed by atoms with Crippen LogP contribution in [0.1, 0.15) is 13.8 Å². The number of benzene rings is 1. The Morgan fingerprint density at radius 2 is 1.78 bits per heavy atom. The third kappa shape index (κ3) is 8.52. The molecule has 0 aliphatic heterocycles. The zero-order valence-electron chi connectivity index (χ0n) is 13.5. The van der Waals surface area contributed by atoms with Gasteiger partial charge in [0.25, 0.3) is 0 Å². The maximum Gasteiger partial charge on any atom is 0.347 e. The SMILES string of the molecule is CC(C)(Oc1ccc(Cl)cc1)C(=O)O.CN(C)C(=N)NC(=N)N. The van der Waals surface area contributed by atoms with Crippen LogP contribution < -0.4 is 15.8 Å². The molecule has 0 fully saturated rings. The first kappa shape index (κ1) is 20.5. The van der Waals surface area contributed by atoms with Crippen molar-refractivity contribution in [2.24, 2.45) is 5.73 Å². The van der Waals surface area contributed by atoms with Crippen LogP contribution in [0, 0.1) is 10.8 Å². The summed E-state index contributed by atoms with van der Waals surface area (Å²) in [5.41, 5.74) is 3.71. The Bertz CT molecular complexity index is 558. The number of carbonyl (C=O) groups is 1. The first-order chi connectivity index (χ1) is 10.5. The summed E-state index contributed by atoms with van der Waals surface area (Å²) in [6.07, 6.45) is 0. The van der Waals surface area contributed by atoms with Crippen LogP contribution >= 0.6 is 11.6 Å². The summed E-state index contributed by atoms with van der Waals surface area (Å²) in [6, 6.07) is 6.56. The molecule has 0 radical (unpaired) electrons. The van der Waals surface area contributed by atoms with Gasteiger partial charge in [0.2, 0.25) is 0 Å². The lowest BCUT2D eigenvalue weighted by Gasteiger charge is -2.21. The Morgan fingerprint density at radius 1 is 1.30 bits per heavy atom. The minimum atomic E-state index is -1.23. The van der Waals surface area contributed by atoms with Gasteiger partial charge in [0, 0.05) is 19.1 Å². The van der Waals surface area contributed by atoms with E-state index in [0.29, 0.717) is 10.8 Å². The predicted molar refractivity (Wildman–Crippen MR) is 90.3 cm³/mol. The number of hydrogen-bond donors (Lipinski definition) is 5. The summed E-state index contributed by atoms with van der Waals surface area (Å²) >= 11 is 5.67. The van der Waals surface area contributed by atoms with E-state index in [9.17, 15) is 4.79 Å². The third-order valence-electron chi connectivity index (χ3n) is 2.40. The van der Waals surface area contributed by atoms with Crippen molar-refractivity contribution in [2.75, 3.05) is 14.1 Å². The molecule has 0 spiro atoms. The Morgan fingerprint density at radius 3 is 2.09 bits per heavy atom. The standard InChI is InChI=1S/C10H11ClO3.C4H11N5/c1-10(2,9(12)13)14-8-5-3-7(11)4-6-8;1-9(2)4(7)8-3(5)6/h3-6H,1-2H3,(H,12,13);1-2H3,(H5,5,6,7,8). The normalized spacial score (nSPS) is 9.96. The van der Waals surface area contributed by atoms with E-state index >= 15 is 0 Å². The number of halogens is 1. The lowest BCUT2D eigenvalue weighted by Crippen LogP contribution is -2.42. The molecular formula is C14H22ClN5O3. The van der Waals surface area contributed by atoms with E-state index in [0.717, 1.165) is 0 Å². The molecule has 1 aromatic rings. The van der Waals surface area contributed by atoms with E-state index in [-0.39, 0.29) is 11.9 Å². The van der Waals surface area contributed by atoms with Crippen LogP contribution in [-0.2, 0) is 4.79 Å². The van der Waals surface area contributed by atoms with Crippen molar-refractivity contribution in [2.45, 2.75) is 19.4 Å². The Labute approximate surface area is 140 Å². The van der Waals surface area contributed by atoms with Gasteiger partial charge in [-0.1, -0.05) is 11.6 Å². The number of guanidine groups is 2. The van der Waals surface area contributed by atoms with Gasteiger partial charge in [0.1, 0.15) is 5.75 Å². The molecule has 128 valence electrons. The first-order valence-electron chi connectivity index (χ1n) is 6.50. The fraction of sp³-hybridized carbons (Fsp3) is 0.357. The summed E-state index contributed by atoms with van der Waals surface area (Å²) in [5.74, 6) is -0.620. The second kappa shape index (κ2) is 8.84. The summed E-state index contributed by atoms with van der Waals surface area (Å²) in [7, 11) is 3.39. The number of rotatable bonds is 3. The molecule has 8 nitrogen and oxygen atoms in total. The zero-order valence-corrected chi connectivity index (χ0v) is 14.2. The van der Waals surface area contributed by atoms with Gasteiger partial charge >= 0.3 is 5.97 Å². The average molecular weight is 344 g/mol. The van der Waals surface area contributed by atoms with Gasteiger partial charge in [-0.15, -0.1) is 0 Å². The molecular weight excluding hydrogens is 322 g/mol. The molecule has 0 aliphatic carbocycles. The van der Waals surface area contributed by atoms with Crippen molar-refractivity contribution in [3.8, 4) is 5.75 Å². The van der Waals surface area contributed by atoms with Crippen LogP contribution in [0.15, 0.2) is 24.3 Å². The number of carboxylic acid groups (broad SMARTS) is 1. The molecule has 1 rings (SSSR count). The monoisotopic (exact) mass is 343 g/mol. The fourth-order valence-electron chi connectivity index (χ4n) is 1.08. The fourth-order valence-corrected chi connectivity index (χ4v) is 1.21. The molecule has 0 saturated carbocycles. The van der Waals surface area contributed by atoms with Gasteiger partial charge in [-0.3, -0.25) is 16.1 Å². The molecule has 0 aromatic heterocycles. The van der Waals surface area contributed by atoms with E-state index in [4.69, 9.17) is 38.0 Å². The van der Waals surface area contributed by atoms with Gasteiger partial charge < -0.3 is 20.5 Å². The molecule has 0 atom stereocenters. The molecule has 0 heterocycles. The highest BCUT2D eigenvalue weighted by molar-refractivity contribution is 6.30. The summed E-state index contributed by atoms with van der Waals surface area (Å²) in [5, 5.41) is 25.5. The van der Waals surface area contributed by atoms with E-state index in [1.807, 2.05) is 0 Å². The minimum Gasteiger partial charge on any atom is -0.478 e. The summed E-state index contributed by atoms with van der Waals surface area (Å²) in [4.78, 5) is 12.3. The highest BCUT2D eigenvalue weighted by Gasteiger charge is 2.29. The molecule has 0 bridgehead atoms. The van der Waals surface area contributed by atoms with Crippen LogP contribution in [0.2, 0.25) is 5.02 Å². The molecule has 1 aromatic carbocycles. The molecule has 23 heavy (non-hydrogen) atoms. The smallest absolute Gasteiger partial charge is 0.347 e.